The summed E-state index contributed by atoms with van der Waals surface area (Å²) in [5.41, 5.74) is 2.27. The summed E-state index contributed by atoms with van der Waals surface area (Å²) in [7, 11) is -2.20. The van der Waals surface area contributed by atoms with Gasteiger partial charge in [0.05, 0.1) is 24.3 Å². The lowest BCUT2D eigenvalue weighted by Gasteiger charge is -2.10. The Balaban J connectivity index is 2.23. The van der Waals surface area contributed by atoms with Gasteiger partial charge in [-0.15, -0.1) is 0 Å². The van der Waals surface area contributed by atoms with Crippen molar-refractivity contribution in [1.82, 2.24) is 4.83 Å². The maximum absolute atomic E-state index is 12.4. The van der Waals surface area contributed by atoms with E-state index in [0.717, 1.165) is 11.1 Å². The lowest BCUT2D eigenvalue weighted by atomic mass is 10.1. The molecule has 0 aromatic heterocycles. The number of sulfonamides is 1. The van der Waals surface area contributed by atoms with E-state index >= 15 is 0 Å². The van der Waals surface area contributed by atoms with Crippen LogP contribution in [-0.2, 0) is 10.0 Å². The third-order valence-corrected chi connectivity index (χ3v) is 4.75. The predicted octanol–water partition coefficient (Wildman–Crippen LogP) is 3.10. The number of methoxy groups -OCH3 is 1. The van der Waals surface area contributed by atoms with E-state index in [1.165, 1.54) is 12.1 Å². The number of hydrazone groups is 1. The number of benzene rings is 2. The molecule has 0 spiro atoms. The van der Waals surface area contributed by atoms with Crippen molar-refractivity contribution in [2.45, 2.75) is 25.7 Å². The first-order valence-electron chi connectivity index (χ1n) is 7.81. The summed E-state index contributed by atoms with van der Waals surface area (Å²) in [6.07, 6.45) is 0. The summed E-state index contributed by atoms with van der Waals surface area (Å²) in [6.45, 7) is 6.05. The molecule has 2 aromatic rings. The molecule has 0 saturated carbocycles. The zero-order valence-electron chi connectivity index (χ0n) is 14.7. The fourth-order valence-electron chi connectivity index (χ4n) is 2.23. The molecule has 6 nitrogen and oxygen atoms in total. The summed E-state index contributed by atoms with van der Waals surface area (Å²) < 4.78 is 35.3. The Bertz CT molecular complexity index is 859. The summed E-state index contributed by atoms with van der Waals surface area (Å²) in [4.78, 5) is 2.37. The molecule has 0 aliphatic rings. The van der Waals surface area contributed by atoms with Crippen LogP contribution in [0.15, 0.2) is 52.5 Å². The van der Waals surface area contributed by atoms with Gasteiger partial charge >= 0.3 is 0 Å². The van der Waals surface area contributed by atoms with Crippen LogP contribution < -0.4 is 14.3 Å². The number of rotatable bonds is 7. The Morgan fingerprint density at radius 1 is 1.16 bits per heavy atom. The second-order valence-corrected chi connectivity index (χ2v) is 7.06. The highest BCUT2D eigenvalue weighted by Gasteiger charge is 2.14. The van der Waals surface area contributed by atoms with E-state index in [1.54, 1.807) is 26.2 Å². The second-order valence-electron chi connectivity index (χ2n) is 5.40. The first kappa shape index (κ1) is 18.8. The topological polar surface area (TPSA) is 77.0 Å². The quantitative estimate of drug-likeness (QED) is 0.606. The van der Waals surface area contributed by atoms with Gasteiger partial charge in [0, 0.05) is 5.56 Å². The van der Waals surface area contributed by atoms with E-state index in [4.69, 9.17) is 9.47 Å². The molecule has 0 saturated heterocycles. The van der Waals surface area contributed by atoms with Gasteiger partial charge in [-0.1, -0.05) is 11.6 Å². The van der Waals surface area contributed by atoms with Crippen molar-refractivity contribution in [1.29, 1.82) is 0 Å². The smallest absolute Gasteiger partial charge is 0.276 e. The van der Waals surface area contributed by atoms with E-state index in [0.29, 0.717) is 23.8 Å². The van der Waals surface area contributed by atoms with Gasteiger partial charge in [0.1, 0.15) is 11.5 Å². The van der Waals surface area contributed by atoms with Crippen molar-refractivity contribution >= 4 is 15.7 Å². The Morgan fingerprint density at radius 3 is 2.44 bits per heavy atom. The van der Waals surface area contributed by atoms with Crippen LogP contribution in [0.25, 0.3) is 0 Å². The maximum Gasteiger partial charge on any atom is 0.276 e. The minimum absolute atomic E-state index is 0.115. The van der Waals surface area contributed by atoms with Crippen molar-refractivity contribution < 1.29 is 17.9 Å². The zero-order chi connectivity index (χ0) is 18.4. The molecule has 7 heteroatoms. The summed E-state index contributed by atoms with van der Waals surface area (Å²) in [5, 5.41) is 4.02. The fourth-order valence-corrected chi connectivity index (χ4v) is 3.08. The molecule has 0 bridgehead atoms. The van der Waals surface area contributed by atoms with Crippen LogP contribution in [0.3, 0.4) is 0 Å². The van der Waals surface area contributed by atoms with E-state index in [1.807, 2.05) is 32.0 Å². The van der Waals surface area contributed by atoms with Crippen LogP contribution in [0.5, 0.6) is 11.5 Å². The molecule has 0 heterocycles. The van der Waals surface area contributed by atoms with Crippen LogP contribution in [0.4, 0.5) is 0 Å². The van der Waals surface area contributed by atoms with Gasteiger partial charge in [-0.25, -0.2) is 0 Å². The molecular formula is C18H22N2O4S. The van der Waals surface area contributed by atoms with Crippen molar-refractivity contribution in [3.05, 3.63) is 53.6 Å². The number of nitrogens with one attached hydrogen (secondary N) is 1. The Hall–Kier alpha value is -2.54. The molecule has 25 heavy (non-hydrogen) atoms. The third kappa shape index (κ3) is 4.73. The molecule has 0 amide bonds. The lowest BCUT2D eigenvalue weighted by Crippen LogP contribution is -2.20. The molecule has 0 unspecified atom stereocenters. The molecule has 0 atom stereocenters. The summed E-state index contributed by atoms with van der Waals surface area (Å²) in [6, 6.07) is 11.8. The third-order valence-electron chi connectivity index (χ3n) is 3.52. The first-order chi connectivity index (χ1) is 11.9. The van der Waals surface area contributed by atoms with Crippen molar-refractivity contribution in [2.24, 2.45) is 5.10 Å². The van der Waals surface area contributed by atoms with Crippen molar-refractivity contribution in [2.75, 3.05) is 13.7 Å². The highest BCUT2D eigenvalue weighted by Crippen LogP contribution is 2.21. The predicted molar refractivity (Wildman–Crippen MR) is 97.9 cm³/mol. The molecular weight excluding hydrogens is 340 g/mol. The normalized spacial score (nSPS) is 11.9. The van der Waals surface area contributed by atoms with Crippen LogP contribution in [0, 0.1) is 6.92 Å². The second kappa shape index (κ2) is 8.02. The molecule has 1 N–H and O–H groups in total. The van der Waals surface area contributed by atoms with E-state index < -0.39 is 10.0 Å². The van der Waals surface area contributed by atoms with Gasteiger partial charge in [-0.3, -0.25) is 0 Å². The fraction of sp³-hybridized carbons (Fsp3) is 0.278. The molecule has 0 radical (unpaired) electrons. The minimum atomic E-state index is -3.76. The number of aryl methyl sites for hydroxylation is 1. The average Bonchev–Trinajstić information content (AvgIpc) is 2.60. The van der Waals surface area contributed by atoms with Gasteiger partial charge in [-0.2, -0.15) is 18.4 Å². The van der Waals surface area contributed by atoms with E-state index in [9.17, 15) is 8.42 Å². The molecule has 2 aromatic carbocycles. The Labute approximate surface area is 148 Å². The average molecular weight is 362 g/mol. The lowest BCUT2D eigenvalue weighted by molar-refractivity contribution is 0.340. The SMILES string of the molecule is CCOc1ccc(S(=O)(=O)N/N=C(/C)c2cc(C)ccc2OC)cc1. The van der Waals surface area contributed by atoms with Gasteiger partial charge in [-0.05, 0) is 57.2 Å². The Morgan fingerprint density at radius 2 is 1.84 bits per heavy atom. The van der Waals surface area contributed by atoms with E-state index in [2.05, 4.69) is 9.93 Å². The number of nitrogens with zero attached hydrogens (tertiary/aromatic N) is 1. The summed E-state index contributed by atoms with van der Waals surface area (Å²) in [5.74, 6) is 1.25. The molecule has 2 rings (SSSR count). The van der Waals surface area contributed by atoms with Gasteiger partial charge in [0.25, 0.3) is 10.0 Å². The minimum Gasteiger partial charge on any atom is -0.496 e. The molecule has 0 fully saturated rings. The van der Waals surface area contributed by atoms with Crippen molar-refractivity contribution in [3.63, 3.8) is 0 Å². The largest absolute Gasteiger partial charge is 0.496 e. The van der Waals surface area contributed by atoms with Crippen molar-refractivity contribution in [3.8, 4) is 11.5 Å². The molecule has 134 valence electrons. The van der Waals surface area contributed by atoms with E-state index in [-0.39, 0.29) is 4.90 Å². The maximum atomic E-state index is 12.4. The van der Waals surface area contributed by atoms with Crippen LogP contribution >= 0.6 is 0 Å². The van der Waals surface area contributed by atoms with Gasteiger partial charge in [0.15, 0.2) is 0 Å². The zero-order valence-corrected chi connectivity index (χ0v) is 15.6. The highest BCUT2D eigenvalue weighted by atomic mass is 32.2. The standard InChI is InChI=1S/C18H22N2O4S/c1-5-24-15-7-9-16(10-8-15)25(21,22)20-19-14(3)17-12-13(2)6-11-18(17)23-4/h6-12,20H,5H2,1-4H3/b19-14-. The van der Waals surface area contributed by atoms with Crippen LogP contribution in [0.2, 0.25) is 0 Å². The van der Waals surface area contributed by atoms with Crippen LogP contribution in [0.1, 0.15) is 25.0 Å². The summed E-state index contributed by atoms with van der Waals surface area (Å²) >= 11 is 0. The number of hydrogen-bond donors (Lipinski definition) is 1. The first-order valence-corrected chi connectivity index (χ1v) is 9.29. The number of hydrogen-bond acceptors (Lipinski definition) is 5. The van der Waals surface area contributed by atoms with Gasteiger partial charge < -0.3 is 9.47 Å². The molecule has 0 aliphatic carbocycles. The number of ether oxygens (including phenoxy) is 2. The van der Waals surface area contributed by atoms with Crippen LogP contribution in [-0.4, -0.2) is 27.8 Å². The monoisotopic (exact) mass is 362 g/mol. The highest BCUT2D eigenvalue weighted by molar-refractivity contribution is 7.89. The van der Waals surface area contributed by atoms with Gasteiger partial charge in [0.2, 0.25) is 0 Å². The molecule has 0 aliphatic heterocycles. The Kier molecular flexibility index (Phi) is 6.03.